The molecular weight excluding hydrogens is 275 g/mol. The van der Waals surface area contributed by atoms with Gasteiger partial charge in [0, 0.05) is 17.1 Å². The van der Waals surface area contributed by atoms with E-state index in [1.807, 2.05) is 24.3 Å². The SMILES string of the molecule is OC(Cc1ccccc1F)C1CSc2ccccc2O1. The van der Waals surface area contributed by atoms with E-state index in [2.05, 4.69) is 0 Å². The number of hydrogen-bond acceptors (Lipinski definition) is 3. The number of aliphatic hydroxyl groups is 1. The summed E-state index contributed by atoms with van der Waals surface area (Å²) in [6.45, 7) is 0. The van der Waals surface area contributed by atoms with E-state index in [-0.39, 0.29) is 18.3 Å². The van der Waals surface area contributed by atoms with E-state index < -0.39 is 6.10 Å². The van der Waals surface area contributed by atoms with E-state index in [4.69, 9.17) is 4.74 Å². The zero-order chi connectivity index (χ0) is 13.9. The molecule has 2 unspecified atom stereocenters. The molecule has 0 bridgehead atoms. The molecule has 104 valence electrons. The van der Waals surface area contributed by atoms with Crippen LogP contribution in [0.5, 0.6) is 5.75 Å². The molecule has 0 aromatic heterocycles. The van der Waals surface area contributed by atoms with E-state index in [9.17, 15) is 9.50 Å². The molecular formula is C16H15FO2S. The summed E-state index contributed by atoms with van der Waals surface area (Å²) >= 11 is 1.66. The predicted octanol–water partition coefficient (Wildman–Crippen LogP) is 3.28. The van der Waals surface area contributed by atoms with Crippen molar-refractivity contribution in [1.82, 2.24) is 0 Å². The Morgan fingerprint density at radius 1 is 1.20 bits per heavy atom. The first-order valence-electron chi connectivity index (χ1n) is 6.54. The van der Waals surface area contributed by atoms with Crippen molar-refractivity contribution in [3.05, 3.63) is 59.9 Å². The molecule has 0 amide bonds. The Labute approximate surface area is 121 Å². The van der Waals surface area contributed by atoms with Crippen molar-refractivity contribution >= 4 is 11.8 Å². The molecule has 0 saturated heterocycles. The minimum Gasteiger partial charge on any atom is -0.486 e. The predicted molar refractivity (Wildman–Crippen MR) is 77.7 cm³/mol. The molecule has 0 aliphatic carbocycles. The van der Waals surface area contributed by atoms with Crippen molar-refractivity contribution in [2.45, 2.75) is 23.5 Å². The highest BCUT2D eigenvalue weighted by atomic mass is 32.2. The molecule has 1 heterocycles. The van der Waals surface area contributed by atoms with E-state index in [0.717, 1.165) is 10.6 Å². The van der Waals surface area contributed by atoms with Gasteiger partial charge in [-0.15, -0.1) is 11.8 Å². The van der Waals surface area contributed by atoms with Gasteiger partial charge in [-0.1, -0.05) is 30.3 Å². The quantitative estimate of drug-likeness (QED) is 0.940. The Kier molecular flexibility index (Phi) is 3.94. The van der Waals surface area contributed by atoms with Crippen molar-refractivity contribution in [2.75, 3.05) is 5.75 Å². The Morgan fingerprint density at radius 3 is 2.80 bits per heavy atom. The molecule has 0 spiro atoms. The van der Waals surface area contributed by atoms with Gasteiger partial charge in [0.1, 0.15) is 17.7 Å². The lowest BCUT2D eigenvalue weighted by Gasteiger charge is -2.29. The Hall–Kier alpha value is -1.52. The lowest BCUT2D eigenvalue weighted by Crippen LogP contribution is -2.37. The van der Waals surface area contributed by atoms with Crippen LogP contribution < -0.4 is 4.74 Å². The molecule has 0 radical (unpaired) electrons. The van der Waals surface area contributed by atoms with Gasteiger partial charge in [0.05, 0.1) is 6.10 Å². The molecule has 2 aromatic carbocycles. The zero-order valence-corrected chi connectivity index (χ0v) is 11.6. The number of hydrogen-bond donors (Lipinski definition) is 1. The van der Waals surface area contributed by atoms with Crippen LogP contribution in [0, 0.1) is 5.82 Å². The maximum absolute atomic E-state index is 13.6. The van der Waals surface area contributed by atoms with Gasteiger partial charge in [-0.3, -0.25) is 0 Å². The van der Waals surface area contributed by atoms with Gasteiger partial charge in [0.2, 0.25) is 0 Å². The maximum Gasteiger partial charge on any atom is 0.134 e. The highest BCUT2D eigenvalue weighted by Crippen LogP contribution is 2.36. The van der Waals surface area contributed by atoms with E-state index >= 15 is 0 Å². The van der Waals surface area contributed by atoms with Crippen LogP contribution >= 0.6 is 11.8 Å². The van der Waals surface area contributed by atoms with Crippen LogP contribution in [0.3, 0.4) is 0 Å². The van der Waals surface area contributed by atoms with Gasteiger partial charge < -0.3 is 9.84 Å². The number of halogens is 1. The molecule has 20 heavy (non-hydrogen) atoms. The second-order valence-corrected chi connectivity index (χ2v) is 5.84. The maximum atomic E-state index is 13.6. The molecule has 1 aliphatic rings. The van der Waals surface area contributed by atoms with E-state index in [1.165, 1.54) is 6.07 Å². The number of benzene rings is 2. The van der Waals surface area contributed by atoms with Gasteiger partial charge in [-0.2, -0.15) is 0 Å². The Bertz CT molecular complexity index is 603. The Morgan fingerprint density at radius 2 is 1.95 bits per heavy atom. The highest BCUT2D eigenvalue weighted by Gasteiger charge is 2.27. The van der Waals surface area contributed by atoms with Crippen molar-refractivity contribution in [1.29, 1.82) is 0 Å². The molecule has 3 rings (SSSR count). The summed E-state index contributed by atoms with van der Waals surface area (Å²) in [5.74, 6) is 1.18. The van der Waals surface area contributed by atoms with Gasteiger partial charge >= 0.3 is 0 Å². The lowest BCUT2D eigenvalue weighted by atomic mass is 10.0. The monoisotopic (exact) mass is 290 g/mol. The number of thioether (sulfide) groups is 1. The summed E-state index contributed by atoms with van der Waals surface area (Å²) in [4.78, 5) is 1.09. The first-order valence-corrected chi connectivity index (χ1v) is 7.52. The molecule has 1 N–H and O–H groups in total. The summed E-state index contributed by atoms with van der Waals surface area (Å²) in [6.07, 6.45) is -0.762. The fourth-order valence-electron chi connectivity index (χ4n) is 2.25. The Balaban J connectivity index is 1.70. The topological polar surface area (TPSA) is 29.5 Å². The zero-order valence-electron chi connectivity index (χ0n) is 10.8. The second kappa shape index (κ2) is 5.85. The smallest absolute Gasteiger partial charge is 0.134 e. The summed E-state index contributed by atoms with van der Waals surface area (Å²) in [7, 11) is 0. The first-order chi connectivity index (χ1) is 9.74. The molecule has 1 aliphatic heterocycles. The number of para-hydroxylation sites is 1. The lowest BCUT2D eigenvalue weighted by molar-refractivity contribution is 0.0463. The molecule has 4 heteroatoms. The summed E-state index contributed by atoms with van der Waals surface area (Å²) in [5, 5.41) is 10.3. The van der Waals surface area contributed by atoms with Crippen molar-refractivity contribution in [3.8, 4) is 5.75 Å². The van der Waals surface area contributed by atoms with Crippen LogP contribution in [-0.2, 0) is 6.42 Å². The third-order valence-corrected chi connectivity index (χ3v) is 4.49. The van der Waals surface area contributed by atoms with Crippen LogP contribution in [0.15, 0.2) is 53.4 Å². The summed E-state index contributed by atoms with van der Waals surface area (Å²) in [5.41, 5.74) is 0.521. The number of aliphatic hydroxyl groups excluding tert-OH is 1. The van der Waals surface area contributed by atoms with Crippen LogP contribution in [0.25, 0.3) is 0 Å². The molecule has 0 fully saturated rings. The standard InChI is InChI=1S/C16H15FO2S/c17-12-6-2-1-5-11(12)9-13(18)15-10-20-16-8-4-3-7-14(16)19-15/h1-8,13,15,18H,9-10H2. The van der Waals surface area contributed by atoms with E-state index in [0.29, 0.717) is 11.3 Å². The third-order valence-electron chi connectivity index (χ3n) is 3.35. The molecule has 2 atom stereocenters. The largest absolute Gasteiger partial charge is 0.486 e. The summed E-state index contributed by atoms with van der Waals surface area (Å²) < 4.78 is 19.4. The highest BCUT2D eigenvalue weighted by molar-refractivity contribution is 7.99. The fourth-order valence-corrected chi connectivity index (χ4v) is 3.31. The minimum atomic E-state index is -0.715. The van der Waals surface area contributed by atoms with Crippen molar-refractivity contribution in [3.63, 3.8) is 0 Å². The van der Waals surface area contributed by atoms with Crippen molar-refractivity contribution in [2.24, 2.45) is 0 Å². The van der Waals surface area contributed by atoms with Crippen LogP contribution in [-0.4, -0.2) is 23.1 Å². The minimum absolute atomic E-state index is 0.264. The van der Waals surface area contributed by atoms with Gasteiger partial charge in [0.25, 0.3) is 0 Å². The normalized spacial score (nSPS) is 19.0. The number of rotatable bonds is 3. The average molecular weight is 290 g/mol. The third kappa shape index (κ3) is 2.81. The average Bonchev–Trinajstić information content (AvgIpc) is 2.49. The second-order valence-electron chi connectivity index (χ2n) is 4.78. The van der Waals surface area contributed by atoms with Gasteiger partial charge in [-0.05, 0) is 23.8 Å². The number of fused-ring (bicyclic) bond motifs is 1. The van der Waals surface area contributed by atoms with Crippen LogP contribution in [0.4, 0.5) is 4.39 Å². The molecule has 2 nitrogen and oxygen atoms in total. The fraction of sp³-hybridized carbons (Fsp3) is 0.250. The van der Waals surface area contributed by atoms with Gasteiger partial charge in [0.15, 0.2) is 0 Å². The first kappa shape index (κ1) is 13.5. The molecule has 0 saturated carbocycles. The van der Waals surface area contributed by atoms with E-state index in [1.54, 1.807) is 30.0 Å². The number of ether oxygens (including phenoxy) is 1. The summed E-state index contributed by atoms with van der Waals surface area (Å²) in [6, 6.07) is 14.3. The van der Waals surface area contributed by atoms with Crippen LogP contribution in [0.1, 0.15) is 5.56 Å². The molecule has 2 aromatic rings. The van der Waals surface area contributed by atoms with Gasteiger partial charge in [-0.25, -0.2) is 4.39 Å². The van der Waals surface area contributed by atoms with Crippen LogP contribution in [0.2, 0.25) is 0 Å². The van der Waals surface area contributed by atoms with Crippen molar-refractivity contribution < 1.29 is 14.2 Å².